The van der Waals surface area contributed by atoms with E-state index in [9.17, 15) is 22.8 Å². The van der Waals surface area contributed by atoms with Crippen molar-refractivity contribution >= 4 is 17.5 Å². The average molecular weight is 484 g/mol. The Bertz CT molecular complexity index is 1110. The minimum atomic E-state index is -4.58. The van der Waals surface area contributed by atoms with E-state index in [2.05, 4.69) is 10.6 Å². The Kier molecular flexibility index (Phi) is 9.03. The number of hydrogen-bond acceptors (Lipinski definition) is 3. The molecule has 8 heteroatoms. The normalized spacial score (nSPS) is 12.3. The smallest absolute Gasteiger partial charge is 0.348 e. The van der Waals surface area contributed by atoms with Crippen LogP contribution in [-0.2, 0) is 22.2 Å². The van der Waals surface area contributed by atoms with Crippen LogP contribution in [-0.4, -0.2) is 36.3 Å². The van der Waals surface area contributed by atoms with Gasteiger partial charge in [0.25, 0.3) is 0 Å². The first-order valence-corrected chi connectivity index (χ1v) is 11.3. The second kappa shape index (κ2) is 12.2. The lowest BCUT2D eigenvalue weighted by molar-refractivity contribution is -0.137. The number of rotatable bonds is 10. The van der Waals surface area contributed by atoms with Gasteiger partial charge in [0.1, 0.15) is 0 Å². The number of benzene rings is 3. The summed E-state index contributed by atoms with van der Waals surface area (Å²) in [4.78, 5) is 26.9. The molecular weight excluding hydrogens is 455 g/mol. The highest BCUT2D eigenvalue weighted by Gasteiger charge is 2.33. The number of amides is 2. The van der Waals surface area contributed by atoms with Crippen molar-refractivity contribution in [2.45, 2.75) is 25.6 Å². The van der Waals surface area contributed by atoms with Crippen molar-refractivity contribution in [2.24, 2.45) is 0 Å². The van der Waals surface area contributed by atoms with E-state index in [1.54, 1.807) is 11.8 Å². The van der Waals surface area contributed by atoms with Crippen LogP contribution >= 0.6 is 0 Å². The topological polar surface area (TPSA) is 61.4 Å². The fourth-order valence-corrected chi connectivity index (χ4v) is 3.74. The lowest BCUT2D eigenvalue weighted by Gasteiger charge is -2.23. The van der Waals surface area contributed by atoms with Gasteiger partial charge in [-0.3, -0.25) is 14.5 Å². The first kappa shape index (κ1) is 26.0. The Hall–Kier alpha value is -3.65. The van der Waals surface area contributed by atoms with Crippen molar-refractivity contribution in [3.05, 3.63) is 102 Å². The van der Waals surface area contributed by atoms with Crippen LogP contribution in [0.2, 0.25) is 0 Å². The number of nitrogens with zero attached hydrogens (tertiary/aromatic N) is 1. The van der Waals surface area contributed by atoms with E-state index in [1.165, 1.54) is 18.2 Å². The molecule has 0 heterocycles. The van der Waals surface area contributed by atoms with Gasteiger partial charge in [-0.15, -0.1) is 0 Å². The number of hydrogen-bond donors (Lipinski definition) is 2. The molecule has 0 aliphatic heterocycles. The van der Waals surface area contributed by atoms with Gasteiger partial charge in [-0.1, -0.05) is 79.7 Å². The number of anilines is 1. The zero-order chi connectivity index (χ0) is 25.3. The van der Waals surface area contributed by atoms with E-state index >= 15 is 0 Å². The predicted molar refractivity (Wildman–Crippen MR) is 130 cm³/mol. The zero-order valence-electron chi connectivity index (χ0n) is 19.4. The molecule has 3 aromatic carbocycles. The lowest BCUT2D eigenvalue weighted by atomic mass is 9.99. The van der Waals surface area contributed by atoms with Gasteiger partial charge in [-0.05, 0) is 36.2 Å². The minimum Gasteiger partial charge on any atom is -0.348 e. The summed E-state index contributed by atoms with van der Waals surface area (Å²) >= 11 is 0. The van der Waals surface area contributed by atoms with Crippen LogP contribution in [0, 0.1) is 0 Å². The monoisotopic (exact) mass is 483 g/mol. The van der Waals surface area contributed by atoms with Crippen molar-refractivity contribution in [1.29, 1.82) is 0 Å². The first-order valence-electron chi connectivity index (χ1n) is 11.3. The first-order chi connectivity index (χ1) is 16.8. The predicted octanol–water partition coefficient (Wildman–Crippen LogP) is 5.07. The molecule has 184 valence electrons. The van der Waals surface area contributed by atoms with Crippen molar-refractivity contribution in [3.63, 3.8) is 0 Å². The van der Waals surface area contributed by atoms with Crippen LogP contribution in [0.4, 0.5) is 18.9 Å². The van der Waals surface area contributed by atoms with Crippen molar-refractivity contribution in [1.82, 2.24) is 10.2 Å². The summed E-state index contributed by atoms with van der Waals surface area (Å²) in [6, 6.07) is 23.9. The molecule has 3 aromatic rings. The molecule has 0 saturated heterocycles. The molecule has 1 atom stereocenters. The summed E-state index contributed by atoms with van der Waals surface area (Å²) in [6.45, 7) is 1.87. The van der Waals surface area contributed by atoms with E-state index < -0.39 is 17.6 Å². The third-order valence-corrected chi connectivity index (χ3v) is 5.51. The Morgan fingerprint density at radius 3 is 2.03 bits per heavy atom. The molecule has 0 fully saturated rings. The molecule has 0 radical (unpaired) electrons. The quantitative estimate of drug-likeness (QED) is 0.424. The molecule has 1 unspecified atom stereocenters. The summed E-state index contributed by atoms with van der Waals surface area (Å²) in [5, 5.41) is 5.36. The van der Waals surface area contributed by atoms with Crippen LogP contribution in [0.15, 0.2) is 84.9 Å². The van der Waals surface area contributed by atoms with Crippen LogP contribution in [0.3, 0.4) is 0 Å². The highest BCUT2D eigenvalue weighted by Crippen LogP contribution is 2.34. The molecule has 0 spiro atoms. The third kappa shape index (κ3) is 7.96. The second-order valence-electron chi connectivity index (χ2n) is 8.12. The summed E-state index contributed by atoms with van der Waals surface area (Å²) in [7, 11) is 0. The zero-order valence-corrected chi connectivity index (χ0v) is 19.4. The molecule has 0 saturated carbocycles. The van der Waals surface area contributed by atoms with Gasteiger partial charge in [0.2, 0.25) is 11.8 Å². The van der Waals surface area contributed by atoms with E-state index in [0.29, 0.717) is 13.0 Å². The van der Waals surface area contributed by atoms with Gasteiger partial charge in [0.05, 0.1) is 30.4 Å². The third-order valence-electron chi connectivity index (χ3n) is 5.51. The standard InChI is InChI=1S/C27H28F3N3O2/c1-2-33(18-25(34)31-23-16-10-9-15-22(23)27(28,29)30)19-26(35)32-24(21-13-7-4-8-14-21)17-20-11-5-3-6-12-20/h3-16,24H,2,17-19H2,1H3,(H,31,34)(H,32,35). The van der Waals surface area contributed by atoms with Gasteiger partial charge in [0.15, 0.2) is 0 Å². The molecule has 0 aromatic heterocycles. The van der Waals surface area contributed by atoms with Gasteiger partial charge < -0.3 is 10.6 Å². The maximum atomic E-state index is 13.2. The largest absolute Gasteiger partial charge is 0.418 e. The SMILES string of the molecule is CCN(CC(=O)Nc1ccccc1C(F)(F)F)CC(=O)NC(Cc1ccccc1)c1ccccc1. The van der Waals surface area contributed by atoms with Crippen LogP contribution in [0.5, 0.6) is 0 Å². The number of nitrogens with one attached hydrogen (secondary N) is 2. The molecule has 2 N–H and O–H groups in total. The minimum absolute atomic E-state index is 0.0665. The number of halogens is 3. The second-order valence-corrected chi connectivity index (χ2v) is 8.12. The van der Waals surface area contributed by atoms with Crippen molar-refractivity contribution in [2.75, 3.05) is 25.0 Å². The Balaban J connectivity index is 1.63. The maximum Gasteiger partial charge on any atom is 0.418 e. The van der Waals surface area contributed by atoms with E-state index in [0.717, 1.165) is 17.2 Å². The molecule has 0 bridgehead atoms. The van der Waals surface area contributed by atoms with Crippen molar-refractivity contribution < 1.29 is 22.8 Å². The number of likely N-dealkylation sites (N-methyl/N-ethyl adjacent to an activating group) is 1. The van der Waals surface area contributed by atoms with Crippen molar-refractivity contribution in [3.8, 4) is 0 Å². The molecule has 5 nitrogen and oxygen atoms in total. The molecule has 0 aliphatic rings. The molecule has 2 amide bonds. The molecule has 0 aliphatic carbocycles. The van der Waals surface area contributed by atoms with Gasteiger partial charge in [-0.25, -0.2) is 0 Å². The van der Waals surface area contributed by atoms with Gasteiger partial charge in [-0.2, -0.15) is 13.2 Å². The molecule has 3 rings (SSSR count). The van der Waals surface area contributed by atoms with Crippen LogP contribution in [0.1, 0.15) is 29.7 Å². The van der Waals surface area contributed by atoms with Gasteiger partial charge >= 0.3 is 6.18 Å². The number of carbonyl (C=O) groups excluding carboxylic acids is 2. The maximum absolute atomic E-state index is 13.2. The van der Waals surface area contributed by atoms with Crippen LogP contribution < -0.4 is 10.6 Å². The summed E-state index contributed by atoms with van der Waals surface area (Å²) in [6.07, 6.45) is -3.99. The highest BCUT2D eigenvalue weighted by atomic mass is 19.4. The molecular formula is C27H28F3N3O2. The van der Waals surface area contributed by atoms with E-state index in [4.69, 9.17) is 0 Å². The summed E-state index contributed by atoms with van der Waals surface area (Å²) < 4.78 is 39.6. The molecule has 35 heavy (non-hydrogen) atoms. The Morgan fingerprint density at radius 1 is 0.829 bits per heavy atom. The average Bonchev–Trinajstić information content (AvgIpc) is 2.84. The summed E-state index contributed by atoms with van der Waals surface area (Å²) in [5.41, 5.74) is 0.796. The van der Waals surface area contributed by atoms with Gasteiger partial charge in [0, 0.05) is 0 Å². The highest BCUT2D eigenvalue weighted by molar-refractivity contribution is 5.93. The number of alkyl halides is 3. The van der Waals surface area contributed by atoms with E-state index in [-0.39, 0.29) is 30.7 Å². The fourth-order valence-electron chi connectivity index (χ4n) is 3.74. The lowest BCUT2D eigenvalue weighted by Crippen LogP contribution is -2.42. The van der Waals surface area contributed by atoms with E-state index in [1.807, 2.05) is 60.7 Å². The summed E-state index contributed by atoms with van der Waals surface area (Å²) in [5.74, 6) is -0.902. The van der Waals surface area contributed by atoms with Crippen LogP contribution in [0.25, 0.3) is 0 Å². The Labute approximate surface area is 203 Å². The fraction of sp³-hybridized carbons (Fsp3) is 0.259. The number of carbonyl (C=O) groups is 2. The Morgan fingerprint density at radius 2 is 1.40 bits per heavy atom. The number of para-hydroxylation sites is 1.